The molecule has 1 saturated heterocycles. The van der Waals surface area contributed by atoms with Gasteiger partial charge in [-0.1, -0.05) is 11.6 Å². The number of nitrogens with zero attached hydrogens (tertiary/aromatic N) is 2. The molecule has 16 heavy (non-hydrogen) atoms. The second-order valence-electron chi connectivity index (χ2n) is 3.70. The van der Waals surface area contributed by atoms with Crippen molar-refractivity contribution in [3.8, 4) is 0 Å². The first-order valence-electron chi connectivity index (χ1n) is 5.09. The van der Waals surface area contributed by atoms with Gasteiger partial charge < -0.3 is 10.1 Å². The maximum atomic E-state index is 11.7. The summed E-state index contributed by atoms with van der Waals surface area (Å²) in [6, 6.07) is 0. The minimum Gasteiger partial charge on any atom is -0.365 e. The summed E-state index contributed by atoms with van der Waals surface area (Å²) in [5.41, 5.74) is 0. The number of nitrogens with one attached hydrogen (secondary N) is 1. The highest BCUT2D eigenvalue weighted by atomic mass is 35.5. The average Bonchev–Trinajstić information content (AvgIpc) is 2.68. The molecule has 0 spiro atoms. The molecule has 2 heterocycles. The molecule has 6 heteroatoms. The highest BCUT2D eigenvalue weighted by molar-refractivity contribution is 6.32. The highest BCUT2D eigenvalue weighted by Gasteiger charge is 2.28. The van der Waals surface area contributed by atoms with Gasteiger partial charge in [0.1, 0.15) is 6.10 Å². The van der Waals surface area contributed by atoms with Crippen molar-refractivity contribution in [1.82, 2.24) is 9.97 Å². The lowest BCUT2D eigenvalue weighted by atomic mass is 10.2. The smallest absolute Gasteiger partial charge is 0.254 e. The highest BCUT2D eigenvalue weighted by Crippen LogP contribution is 2.21. The monoisotopic (exact) mass is 241 g/mol. The molecule has 1 fully saturated rings. The SMILES string of the molecule is CC1CCC(C(=O)Nc2nccnc2Cl)O1. The third kappa shape index (κ3) is 2.48. The number of ether oxygens (including phenoxy) is 1. The summed E-state index contributed by atoms with van der Waals surface area (Å²) in [5.74, 6) is 0.0593. The molecular formula is C10H12ClN3O2. The second-order valence-corrected chi connectivity index (χ2v) is 4.06. The van der Waals surface area contributed by atoms with Crippen LogP contribution < -0.4 is 5.32 Å². The number of carbonyl (C=O) groups excluding carboxylic acids is 1. The zero-order valence-corrected chi connectivity index (χ0v) is 9.57. The maximum absolute atomic E-state index is 11.7. The number of anilines is 1. The van der Waals surface area contributed by atoms with Crippen LogP contribution in [0.1, 0.15) is 19.8 Å². The zero-order valence-electron chi connectivity index (χ0n) is 8.81. The van der Waals surface area contributed by atoms with Crippen molar-refractivity contribution >= 4 is 23.3 Å². The van der Waals surface area contributed by atoms with Crippen molar-refractivity contribution in [2.75, 3.05) is 5.32 Å². The fourth-order valence-corrected chi connectivity index (χ4v) is 1.75. The third-order valence-corrected chi connectivity index (χ3v) is 2.70. The Labute approximate surface area is 98.2 Å². The molecule has 0 bridgehead atoms. The largest absolute Gasteiger partial charge is 0.365 e. The summed E-state index contributed by atoms with van der Waals surface area (Å²) in [5, 5.41) is 2.79. The van der Waals surface area contributed by atoms with Gasteiger partial charge in [-0.25, -0.2) is 9.97 Å². The van der Waals surface area contributed by atoms with E-state index in [9.17, 15) is 4.79 Å². The van der Waals surface area contributed by atoms with Crippen LogP contribution in [0.5, 0.6) is 0 Å². The number of carbonyl (C=O) groups is 1. The van der Waals surface area contributed by atoms with E-state index < -0.39 is 6.10 Å². The van der Waals surface area contributed by atoms with E-state index in [0.717, 1.165) is 12.8 Å². The van der Waals surface area contributed by atoms with Gasteiger partial charge in [0.05, 0.1) is 6.10 Å². The van der Waals surface area contributed by atoms with Crippen LogP contribution in [0.2, 0.25) is 5.15 Å². The standard InChI is InChI=1S/C10H12ClN3O2/c1-6-2-3-7(16-6)10(15)14-9-8(11)12-4-5-13-9/h4-7H,2-3H2,1H3,(H,13,14,15). The lowest BCUT2D eigenvalue weighted by Gasteiger charge is -2.11. The van der Waals surface area contributed by atoms with Crippen LogP contribution in [-0.4, -0.2) is 28.1 Å². The van der Waals surface area contributed by atoms with Crippen LogP contribution in [0, 0.1) is 0 Å². The number of hydrogen-bond donors (Lipinski definition) is 1. The molecule has 1 N–H and O–H groups in total. The van der Waals surface area contributed by atoms with E-state index in [-0.39, 0.29) is 23.0 Å². The Morgan fingerprint density at radius 2 is 2.25 bits per heavy atom. The van der Waals surface area contributed by atoms with Crippen molar-refractivity contribution in [3.63, 3.8) is 0 Å². The summed E-state index contributed by atoms with van der Waals surface area (Å²) in [7, 11) is 0. The molecule has 2 rings (SSSR count). The number of hydrogen-bond acceptors (Lipinski definition) is 4. The van der Waals surface area contributed by atoms with Crippen molar-refractivity contribution in [2.24, 2.45) is 0 Å². The normalized spacial score (nSPS) is 24.4. The molecule has 1 amide bonds. The molecular weight excluding hydrogens is 230 g/mol. The molecule has 2 atom stereocenters. The van der Waals surface area contributed by atoms with Crippen molar-refractivity contribution in [2.45, 2.75) is 32.0 Å². The minimum atomic E-state index is -0.409. The minimum absolute atomic E-state index is 0.132. The second kappa shape index (κ2) is 4.76. The molecule has 1 aromatic rings. The fourth-order valence-electron chi connectivity index (χ4n) is 1.60. The van der Waals surface area contributed by atoms with E-state index in [0.29, 0.717) is 0 Å². The predicted octanol–water partition coefficient (Wildman–Crippen LogP) is 1.64. The molecule has 0 aliphatic carbocycles. The van der Waals surface area contributed by atoms with E-state index in [2.05, 4.69) is 15.3 Å². The van der Waals surface area contributed by atoms with Gasteiger partial charge in [-0.2, -0.15) is 0 Å². The lowest BCUT2D eigenvalue weighted by Crippen LogP contribution is -2.28. The first-order valence-corrected chi connectivity index (χ1v) is 5.47. The maximum Gasteiger partial charge on any atom is 0.254 e. The Balaban J connectivity index is 2.00. The fraction of sp³-hybridized carbons (Fsp3) is 0.500. The van der Waals surface area contributed by atoms with Crippen LogP contribution in [-0.2, 0) is 9.53 Å². The number of rotatable bonds is 2. The number of aromatic nitrogens is 2. The van der Waals surface area contributed by atoms with Gasteiger partial charge in [0.25, 0.3) is 5.91 Å². The zero-order chi connectivity index (χ0) is 11.5. The molecule has 86 valence electrons. The molecule has 5 nitrogen and oxygen atoms in total. The van der Waals surface area contributed by atoms with E-state index in [1.54, 1.807) is 0 Å². The first kappa shape index (κ1) is 11.3. The van der Waals surface area contributed by atoms with Gasteiger partial charge in [0.15, 0.2) is 11.0 Å². The molecule has 1 aliphatic rings. The Kier molecular flexibility index (Phi) is 3.36. The van der Waals surface area contributed by atoms with Crippen molar-refractivity contribution < 1.29 is 9.53 Å². The predicted molar refractivity (Wildman–Crippen MR) is 59.2 cm³/mol. The van der Waals surface area contributed by atoms with Gasteiger partial charge in [-0.3, -0.25) is 4.79 Å². The molecule has 2 unspecified atom stereocenters. The van der Waals surface area contributed by atoms with Crippen molar-refractivity contribution in [3.05, 3.63) is 17.5 Å². The van der Waals surface area contributed by atoms with Crippen LogP contribution >= 0.6 is 11.6 Å². The van der Waals surface area contributed by atoms with Crippen LogP contribution in [0.4, 0.5) is 5.82 Å². The topological polar surface area (TPSA) is 64.1 Å². The van der Waals surface area contributed by atoms with E-state index in [1.165, 1.54) is 12.4 Å². The van der Waals surface area contributed by atoms with Gasteiger partial charge >= 0.3 is 0 Å². The van der Waals surface area contributed by atoms with Gasteiger partial charge in [0.2, 0.25) is 0 Å². The summed E-state index contributed by atoms with van der Waals surface area (Å²) < 4.78 is 5.43. The number of amides is 1. The van der Waals surface area contributed by atoms with Gasteiger partial charge in [-0.05, 0) is 19.8 Å². The molecule has 1 aromatic heterocycles. The lowest BCUT2D eigenvalue weighted by molar-refractivity contribution is -0.126. The van der Waals surface area contributed by atoms with E-state index >= 15 is 0 Å². The Bertz CT molecular complexity index is 399. The summed E-state index contributed by atoms with van der Waals surface area (Å²) in [4.78, 5) is 19.5. The van der Waals surface area contributed by atoms with Crippen LogP contribution in [0.3, 0.4) is 0 Å². The molecule has 0 aromatic carbocycles. The van der Waals surface area contributed by atoms with Gasteiger partial charge in [-0.15, -0.1) is 0 Å². The Hall–Kier alpha value is -1.20. The number of halogens is 1. The van der Waals surface area contributed by atoms with Crippen LogP contribution in [0.15, 0.2) is 12.4 Å². The van der Waals surface area contributed by atoms with Gasteiger partial charge in [0, 0.05) is 12.4 Å². The van der Waals surface area contributed by atoms with E-state index in [4.69, 9.17) is 16.3 Å². The summed E-state index contributed by atoms with van der Waals surface area (Å²) in [6.45, 7) is 1.95. The summed E-state index contributed by atoms with van der Waals surface area (Å²) >= 11 is 5.77. The Morgan fingerprint density at radius 3 is 2.88 bits per heavy atom. The van der Waals surface area contributed by atoms with Crippen molar-refractivity contribution in [1.29, 1.82) is 0 Å². The third-order valence-electron chi connectivity index (χ3n) is 2.42. The van der Waals surface area contributed by atoms with E-state index in [1.807, 2.05) is 6.92 Å². The molecule has 0 saturated carbocycles. The quantitative estimate of drug-likeness (QED) is 0.855. The summed E-state index contributed by atoms with van der Waals surface area (Å²) in [6.07, 6.45) is 4.28. The average molecular weight is 242 g/mol. The van der Waals surface area contributed by atoms with Crippen LogP contribution in [0.25, 0.3) is 0 Å². The first-order chi connectivity index (χ1) is 7.66. The molecule has 0 radical (unpaired) electrons. The Morgan fingerprint density at radius 1 is 1.50 bits per heavy atom. The molecule has 1 aliphatic heterocycles.